The maximum atomic E-state index is 12.6. The zero-order valence-electron chi connectivity index (χ0n) is 15.5. The largest absolute Gasteiger partial charge is 0.342 e. The first-order valence-electron chi connectivity index (χ1n) is 9.31. The van der Waals surface area contributed by atoms with Gasteiger partial charge < -0.3 is 9.47 Å². The summed E-state index contributed by atoms with van der Waals surface area (Å²) >= 11 is 0. The summed E-state index contributed by atoms with van der Waals surface area (Å²) in [6, 6.07) is 3.77. The molecule has 0 aromatic carbocycles. The molecule has 0 aliphatic carbocycles. The molecule has 3 aromatic heterocycles. The molecule has 0 spiro atoms. The van der Waals surface area contributed by atoms with E-state index < -0.39 is 0 Å². The molecule has 1 fully saturated rings. The van der Waals surface area contributed by atoms with E-state index >= 15 is 0 Å². The lowest BCUT2D eigenvalue weighted by molar-refractivity contribution is -0.132. The van der Waals surface area contributed by atoms with E-state index in [1.54, 1.807) is 17.1 Å². The normalized spacial score (nSPS) is 17.4. The van der Waals surface area contributed by atoms with Crippen LogP contribution < -0.4 is 0 Å². The van der Waals surface area contributed by atoms with Gasteiger partial charge in [0.25, 0.3) is 0 Å². The van der Waals surface area contributed by atoms with Crippen LogP contribution in [0.5, 0.6) is 0 Å². The minimum Gasteiger partial charge on any atom is -0.342 e. The summed E-state index contributed by atoms with van der Waals surface area (Å²) in [5.41, 5.74) is 0. The first kappa shape index (κ1) is 17.4. The first-order valence-corrected chi connectivity index (χ1v) is 9.31. The topological polar surface area (TPSA) is 86.7 Å². The predicted molar refractivity (Wildman–Crippen MR) is 97.7 cm³/mol. The number of hydrogen-bond donors (Lipinski definition) is 0. The second kappa shape index (κ2) is 7.73. The van der Waals surface area contributed by atoms with Crippen molar-refractivity contribution in [2.75, 3.05) is 13.1 Å². The van der Waals surface area contributed by atoms with Crippen molar-refractivity contribution in [3.8, 4) is 0 Å². The summed E-state index contributed by atoms with van der Waals surface area (Å²) in [6.07, 6.45) is 9.76. The summed E-state index contributed by atoms with van der Waals surface area (Å²) in [6.45, 7) is 2.72. The van der Waals surface area contributed by atoms with Gasteiger partial charge in [-0.05, 0) is 25.0 Å². The molecule has 27 heavy (non-hydrogen) atoms. The molecule has 0 unspecified atom stereocenters. The molecular weight excluding hydrogens is 344 g/mol. The van der Waals surface area contributed by atoms with Crippen LogP contribution in [0.2, 0.25) is 0 Å². The second-order valence-corrected chi connectivity index (χ2v) is 6.94. The number of carbonyl (C=O) groups excluding carboxylic acids is 1. The van der Waals surface area contributed by atoms with Gasteiger partial charge in [0.15, 0.2) is 5.82 Å². The molecule has 1 saturated heterocycles. The highest BCUT2D eigenvalue weighted by Gasteiger charge is 2.28. The van der Waals surface area contributed by atoms with Crippen molar-refractivity contribution in [1.29, 1.82) is 0 Å². The van der Waals surface area contributed by atoms with Gasteiger partial charge in [0, 0.05) is 63.8 Å². The van der Waals surface area contributed by atoms with Crippen molar-refractivity contribution in [3.05, 3.63) is 48.6 Å². The van der Waals surface area contributed by atoms with Crippen molar-refractivity contribution in [3.63, 3.8) is 0 Å². The lowest BCUT2D eigenvalue weighted by Gasteiger charge is -2.32. The smallest absolute Gasteiger partial charge is 0.224 e. The van der Waals surface area contributed by atoms with E-state index in [-0.39, 0.29) is 11.8 Å². The minimum absolute atomic E-state index is 0.175. The lowest BCUT2D eigenvalue weighted by atomic mass is 9.97. The Balaban J connectivity index is 1.39. The second-order valence-electron chi connectivity index (χ2n) is 6.94. The molecule has 0 N–H and O–H groups in total. The van der Waals surface area contributed by atoms with E-state index in [0.29, 0.717) is 26.1 Å². The number of piperidine rings is 1. The van der Waals surface area contributed by atoms with Crippen molar-refractivity contribution in [2.45, 2.75) is 38.3 Å². The fourth-order valence-electron chi connectivity index (χ4n) is 3.62. The number of carbonyl (C=O) groups is 1. The van der Waals surface area contributed by atoms with E-state index in [1.807, 2.05) is 45.7 Å². The molecule has 9 heteroatoms. The van der Waals surface area contributed by atoms with Gasteiger partial charge in [-0.1, -0.05) is 0 Å². The van der Waals surface area contributed by atoms with E-state index in [4.69, 9.17) is 0 Å². The molecule has 4 heterocycles. The number of likely N-dealkylation sites (tertiary alicyclic amines) is 1. The van der Waals surface area contributed by atoms with Crippen LogP contribution in [0.4, 0.5) is 0 Å². The Morgan fingerprint density at radius 3 is 2.67 bits per heavy atom. The van der Waals surface area contributed by atoms with Gasteiger partial charge in [-0.25, -0.2) is 0 Å². The van der Waals surface area contributed by atoms with Crippen LogP contribution in [0.25, 0.3) is 0 Å². The zero-order chi connectivity index (χ0) is 18.6. The summed E-state index contributed by atoms with van der Waals surface area (Å²) < 4.78 is 5.67. The molecular formula is C18H24N8O. The number of aryl methyl sites for hydroxylation is 1. The third kappa shape index (κ3) is 3.91. The van der Waals surface area contributed by atoms with Gasteiger partial charge in [-0.3, -0.25) is 14.2 Å². The Kier molecular flexibility index (Phi) is 4.99. The fourth-order valence-corrected chi connectivity index (χ4v) is 3.62. The zero-order valence-corrected chi connectivity index (χ0v) is 15.5. The van der Waals surface area contributed by atoms with Crippen LogP contribution in [-0.2, 0) is 24.9 Å². The third-order valence-corrected chi connectivity index (χ3v) is 5.11. The Morgan fingerprint density at radius 1 is 1.15 bits per heavy atom. The summed E-state index contributed by atoms with van der Waals surface area (Å²) in [5, 5.41) is 17.1. The van der Waals surface area contributed by atoms with Gasteiger partial charge in [0.1, 0.15) is 12.4 Å². The standard InChI is InChI=1S/C18H24N8O/c1-23-16(14-26-11-4-8-20-26)21-22-18(23)15-5-2-9-24(13-15)17(27)6-12-25-10-3-7-19-25/h3-4,7-8,10-11,15H,2,5-6,9,12-14H2,1H3/t15-/m1/s1. The van der Waals surface area contributed by atoms with E-state index in [9.17, 15) is 4.79 Å². The molecule has 1 aliphatic heterocycles. The summed E-state index contributed by atoms with van der Waals surface area (Å²) in [4.78, 5) is 14.6. The van der Waals surface area contributed by atoms with E-state index in [0.717, 1.165) is 31.0 Å². The van der Waals surface area contributed by atoms with Gasteiger partial charge in [0.05, 0.1) is 0 Å². The SMILES string of the molecule is Cn1c(Cn2cccn2)nnc1[C@@H]1CCCN(C(=O)CCn2cccn2)C1. The number of aromatic nitrogens is 7. The maximum Gasteiger partial charge on any atom is 0.224 e. The number of nitrogens with zero attached hydrogens (tertiary/aromatic N) is 8. The van der Waals surface area contributed by atoms with Crippen LogP contribution in [0.3, 0.4) is 0 Å². The number of amides is 1. The molecule has 9 nitrogen and oxygen atoms in total. The average Bonchev–Trinajstić information content (AvgIpc) is 3.44. The number of hydrogen-bond acceptors (Lipinski definition) is 5. The van der Waals surface area contributed by atoms with E-state index in [2.05, 4.69) is 20.4 Å². The van der Waals surface area contributed by atoms with Gasteiger partial charge >= 0.3 is 0 Å². The lowest BCUT2D eigenvalue weighted by Crippen LogP contribution is -2.40. The molecule has 1 atom stereocenters. The third-order valence-electron chi connectivity index (χ3n) is 5.11. The van der Waals surface area contributed by atoms with E-state index in [1.165, 1.54) is 0 Å². The van der Waals surface area contributed by atoms with Crippen LogP contribution in [0.15, 0.2) is 36.9 Å². The molecule has 0 saturated carbocycles. The van der Waals surface area contributed by atoms with Crippen LogP contribution in [-0.4, -0.2) is 58.2 Å². The molecule has 4 rings (SSSR count). The molecule has 1 amide bonds. The van der Waals surface area contributed by atoms with Crippen LogP contribution >= 0.6 is 0 Å². The quantitative estimate of drug-likeness (QED) is 0.649. The number of rotatable bonds is 6. The summed E-state index contributed by atoms with van der Waals surface area (Å²) in [5.74, 6) is 2.21. The Bertz CT molecular complexity index is 867. The highest BCUT2D eigenvalue weighted by Crippen LogP contribution is 2.26. The first-order chi connectivity index (χ1) is 13.2. The van der Waals surface area contributed by atoms with Crippen molar-refractivity contribution < 1.29 is 4.79 Å². The molecule has 3 aromatic rings. The predicted octanol–water partition coefficient (Wildman–Crippen LogP) is 1.05. The molecule has 1 aliphatic rings. The van der Waals surface area contributed by atoms with Gasteiger partial charge in [0.2, 0.25) is 5.91 Å². The maximum absolute atomic E-state index is 12.6. The minimum atomic E-state index is 0.175. The molecule has 0 radical (unpaired) electrons. The van der Waals surface area contributed by atoms with Gasteiger partial charge in [-0.2, -0.15) is 10.2 Å². The Labute approximate surface area is 157 Å². The van der Waals surface area contributed by atoms with Crippen molar-refractivity contribution in [1.82, 2.24) is 39.2 Å². The van der Waals surface area contributed by atoms with Gasteiger partial charge in [-0.15, -0.1) is 10.2 Å². The highest BCUT2D eigenvalue weighted by atomic mass is 16.2. The van der Waals surface area contributed by atoms with Crippen LogP contribution in [0.1, 0.15) is 36.8 Å². The highest BCUT2D eigenvalue weighted by molar-refractivity contribution is 5.76. The Morgan fingerprint density at radius 2 is 1.93 bits per heavy atom. The monoisotopic (exact) mass is 368 g/mol. The molecule has 142 valence electrons. The average molecular weight is 368 g/mol. The van der Waals surface area contributed by atoms with Crippen molar-refractivity contribution >= 4 is 5.91 Å². The molecule has 0 bridgehead atoms. The fraction of sp³-hybridized carbons (Fsp3) is 0.500. The van der Waals surface area contributed by atoms with Crippen molar-refractivity contribution in [2.24, 2.45) is 7.05 Å². The Hall–Kier alpha value is -2.97. The summed E-state index contributed by atoms with van der Waals surface area (Å²) in [7, 11) is 1.99. The van der Waals surface area contributed by atoms with Crippen LogP contribution in [0, 0.1) is 0 Å².